The largest absolute Gasteiger partial charge is 0.379 e. The maximum absolute atomic E-state index is 13.6. The third-order valence-electron chi connectivity index (χ3n) is 7.54. The molecule has 2 bridgehead atoms. The van der Waals surface area contributed by atoms with Crippen molar-refractivity contribution in [3.63, 3.8) is 0 Å². The lowest BCUT2D eigenvalue weighted by atomic mass is 9.67. The first kappa shape index (κ1) is 18.9. The van der Waals surface area contributed by atoms with Crippen LogP contribution >= 0.6 is 0 Å². The number of fused-ring (bicyclic) bond motifs is 6. The van der Waals surface area contributed by atoms with Crippen LogP contribution in [0.5, 0.6) is 0 Å². The Hall–Kier alpha value is -2.05. The van der Waals surface area contributed by atoms with E-state index in [9.17, 15) is 4.79 Å². The van der Waals surface area contributed by atoms with Gasteiger partial charge < -0.3 is 10.1 Å². The van der Waals surface area contributed by atoms with Crippen molar-refractivity contribution in [3.8, 4) is 0 Å². The number of hydrogen-bond acceptors (Lipinski definition) is 5. The van der Waals surface area contributed by atoms with Gasteiger partial charge in [-0.2, -0.15) is 0 Å². The van der Waals surface area contributed by atoms with Gasteiger partial charge in [-0.25, -0.2) is 9.97 Å². The molecule has 1 saturated carbocycles. The van der Waals surface area contributed by atoms with Crippen LogP contribution in [-0.4, -0.2) is 60.2 Å². The standard InChI is InChI=1S/C23H30N4O2/c1-22(2)16-8-9-23(22,20-19(16)25-17-6-3-4-7-18(17)26-20)21(28)24-10-5-11-27-12-14-29-15-13-27/h3-4,6-7,16H,5,8-15H2,1-2H3,(H,24,28). The molecule has 1 aliphatic heterocycles. The zero-order valence-corrected chi connectivity index (χ0v) is 17.4. The van der Waals surface area contributed by atoms with Crippen molar-refractivity contribution >= 4 is 16.9 Å². The van der Waals surface area contributed by atoms with E-state index in [0.29, 0.717) is 12.5 Å². The number of hydrogen-bond donors (Lipinski definition) is 1. The van der Waals surface area contributed by atoms with Gasteiger partial charge in [-0.3, -0.25) is 9.69 Å². The first-order chi connectivity index (χ1) is 14.0. The van der Waals surface area contributed by atoms with Crippen LogP contribution < -0.4 is 5.32 Å². The number of aromatic nitrogens is 2. The van der Waals surface area contributed by atoms with Crippen LogP contribution in [-0.2, 0) is 14.9 Å². The zero-order valence-electron chi connectivity index (χ0n) is 17.4. The molecule has 0 spiro atoms. The summed E-state index contributed by atoms with van der Waals surface area (Å²) in [7, 11) is 0. The van der Waals surface area contributed by atoms with Crippen LogP contribution in [0.3, 0.4) is 0 Å². The van der Waals surface area contributed by atoms with Gasteiger partial charge in [0.2, 0.25) is 5.91 Å². The average molecular weight is 395 g/mol. The van der Waals surface area contributed by atoms with Gasteiger partial charge >= 0.3 is 0 Å². The van der Waals surface area contributed by atoms with Gasteiger partial charge in [0.05, 0.1) is 41.1 Å². The van der Waals surface area contributed by atoms with E-state index in [4.69, 9.17) is 14.7 Å². The van der Waals surface area contributed by atoms with Crippen molar-refractivity contribution in [3.05, 3.63) is 35.7 Å². The quantitative estimate of drug-likeness (QED) is 0.790. The van der Waals surface area contributed by atoms with E-state index in [-0.39, 0.29) is 11.3 Å². The Labute approximate surface area is 172 Å². The summed E-state index contributed by atoms with van der Waals surface area (Å²) in [5.74, 6) is 0.434. The van der Waals surface area contributed by atoms with Gasteiger partial charge in [-0.05, 0) is 43.4 Å². The first-order valence-corrected chi connectivity index (χ1v) is 10.9. The Morgan fingerprint density at radius 3 is 2.69 bits per heavy atom. The highest BCUT2D eigenvalue weighted by Crippen LogP contribution is 2.67. The molecule has 1 aromatic heterocycles. The third-order valence-corrected chi connectivity index (χ3v) is 7.54. The molecule has 5 rings (SSSR count). The minimum absolute atomic E-state index is 0.135. The fraction of sp³-hybridized carbons (Fsp3) is 0.609. The smallest absolute Gasteiger partial charge is 0.232 e. The number of carbonyl (C=O) groups excluding carboxylic acids is 1. The van der Waals surface area contributed by atoms with Crippen LogP contribution in [0.2, 0.25) is 0 Å². The summed E-state index contributed by atoms with van der Waals surface area (Å²) in [4.78, 5) is 25.9. The highest BCUT2D eigenvalue weighted by molar-refractivity contribution is 5.92. The van der Waals surface area contributed by atoms with Gasteiger partial charge in [-0.1, -0.05) is 26.0 Å². The number of nitrogens with one attached hydrogen (secondary N) is 1. The minimum Gasteiger partial charge on any atom is -0.379 e. The van der Waals surface area contributed by atoms with Crippen LogP contribution in [0.15, 0.2) is 24.3 Å². The highest BCUT2D eigenvalue weighted by Gasteiger charge is 2.67. The van der Waals surface area contributed by atoms with Crippen LogP contribution in [0, 0.1) is 5.41 Å². The van der Waals surface area contributed by atoms with E-state index in [1.807, 2.05) is 24.3 Å². The molecule has 1 amide bonds. The van der Waals surface area contributed by atoms with E-state index in [1.54, 1.807) is 0 Å². The lowest BCUT2D eigenvalue weighted by Crippen LogP contribution is -2.50. The molecule has 1 saturated heterocycles. The van der Waals surface area contributed by atoms with E-state index < -0.39 is 5.41 Å². The Morgan fingerprint density at radius 1 is 1.21 bits per heavy atom. The summed E-state index contributed by atoms with van der Waals surface area (Å²) in [6.07, 6.45) is 2.83. The van der Waals surface area contributed by atoms with Crippen molar-refractivity contribution in [2.24, 2.45) is 5.41 Å². The zero-order chi connectivity index (χ0) is 20.1. The monoisotopic (exact) mass is 394 g/mol. The number of para-hydroxylation sites is 2. The first-order valence-electron chi connectivity index (χ1n) is 10.9. The summed E-state index contributed by atoms with van der Waals surface area (Å²) in [6.45, 7) is 9.77. The van der Waals surface area contributed by atoms with Crippen molar-refractivity contribution in [2.75, 3.05) is 39.4 Å². The molecule has 2 atom stereocenters. The molecule has 6 nitrogen and oxygen atoms in total. The van der Waals surface area contributed by atoms with E-state index in [1.165, 1.54) is 0 Å². The summed E-state index contributed by atoms with van der Waals surface area (Å²) in [5, 5.41) is 3.26. The molecule has 1 aromatic carbocycles. The number of amides is 1. The molecular formula is C23H30N4O2. The SMILES string of the molecule is CC1(C)C2CCC1(C(=O)NCCCN1CCOCC1)c1nc3ccccc3nc12. The summed E-state index contributed by atoms with van der Waals surface area (Å²) >= 11 is 0. The molecule has 2 aliphatic carbocycles. The van der Waals surface area contributed by atoms with Gasteiger partial charge in [0.1, 0.15) is 0 Å². The van der Waals surface area contributed by atoms with Crippen LogP contribution in [0.25, 0.3) is 11.0 Å². The molecular weight excluding hydrogens is 364 g/mol. The lowest BCUT2D eigenvalue weighted by molar-refractivity contribution is -0.130. The molecule has 2 heterocycles. The fourth-order valence-corrected chi connectivity index (χ4v) is 5.81. The highest BCUT2D eigenvalue weighted by atomic mass is 16.5. The van der Waals surface area contributed by atoms with E-state index in [2.05, 4.69) is 24.1 Å². The van der Waals surface area contributed by atoms with Crippen molar-refractivity contribution < 1.29 is 9.53 Å². The number of morpholine rings is 1. The molecule has 2 fully saturated rings. The van der Waals surface area contributed by atoms with Crippen molar-refractivity contribution in [1.82, 2.24) is 20.2 Å². The normalized spacial score (nSPS) is 27.9. The topological polar surface area (TPSA) is 67.4 Å². The van der Waals surface area contributed by atoms with Crippen molar-refractivity contribution in [2.45, 2.75) is 44.4 Å². The van der Waals surface area contributed by atoms with Crippen molar-refractivity contribution in [1.29, 1.82) is 0 Å². The molecule has 29 heavy (non-hydrogen) atoms. The van der Waals surface area contributed by atoms with E-state index >= 15 is 0 Å². The molecule has 6 heteroatoms. The molecule has 2 unspecified atom stereocenters. The summed E-state index contributed by atoms with van der Waals surface area (Å²) in [6, 6.07) is 7.99. The number of carbonyl (C=O) groups is 1. The molecule has 3 aliphatic rings. The Balaban J connectivity index is 1.37. The Morgan fingerprint density at radius 2 is 1.93 bits per heavy atom. The Bertz CT molecular complexity index is 938. The summed E-state index contributed by atoms with van der Waals surface area (Å²) in [5.41, 5.74) is 3.04. The third kappa shape index (κ3) is 2.80. The number of benzene rings is 1. The second kappa shape index (κ2) is 7.03. The molecule has 2 aromatic rings. The lowest BCUT2D eigenvalue weighted by Gasteiger charge is -2.36. The number of rotatable bonds is 5. The number of ether oxygens (including phenoxy) is 1. The predicted molar refractivity (Wildman–Crippen MR) is 112 cm³/mol. The maximum atomic E-state index is 13.6. The summed E-state index contributed by atoms with van der Waals surface area (Å²) < 4.78 is 5.41. The average Bonchev–Trinajstić information content (AvgIpc) is 3.11. The second-order valence-corrected chi connectivity index (χ2v) is 9.23. The minimum atomic E-state index is -0.566. The van der Waals surface area contributed by atoms with Gasteiger partial charge in [-0.15, -0.1) is 0 Å². The number of nitrogens with zero attached hydrogens (tertiary/aromatic N) is 3. The van der Waals surface area contributed by atoms with Gasteiger partial charge in [0.25, 0.3) is 0 Å². The molecule has 154 valence electrons. The van der Waals surface area contributed by atoms with Crippen LogP contribution in [0.4, 0.5) is 0 Å². The van der Waals surface area contributed by atoms with Crippen LogP contribution in [0.1, 0.15) is 50.4 Å². The maximum Gasteiger partial charge on any atom is 0.232 e. The molecule has 1 N–H and O–H groups in total. The van der Waals surface area contributed by atoms with Gasteiger partial charge in [0, 0.05) is 25.6 Å². The molecule has 0 radical (unpaired) electrons. The fourth-order valence-electron chi connectivity index (χ4n) is 5.81. The second-order valence-electron chi connectivity index (χ2n) is 9.23. The Kier molecular flexibility index (Phi) is 4.59. The van der Waals surface area contributed by atoms with E-state index in [0.717, 1.165) is 74.5 Å². The van der Waals surface area contributed by atoms with Gasteiger partial charge in [0.15, 0.2) is 0 Å². The predicted octanol–water partition coefficient (Wildman–Crippen LogP) is 2.62.